The Balaban J connectivity index is 2.33. The summed E-state index contributed by atoms with van der Waals surface area (Å²) in [5, 5.41) is 9.66. The van der Waals surface area contributed by atoms with Crippen LogP contribution in [0.2, 0.25) is 0 Å². The first kappa shape index (κ1) is 13.2. The van der Waals surface area contributed by atoms with Crippen LogP contribution in [0.4, 0.5) is 8.78 Å². The minimum atomic E-state index is -0.785. The molecule has 19 heavy (non-hydrogen) atoms. The summed E-state index contributed by atoms with van der Waals surface area (Å²) in [4.78, 5) is 11.1. The van der Waals surface area contributed by atoms with Crippen molar-refractivity contribution in [1.29, 1.82) is 0 Å². The van der Waals surface area contributed by atoms with E-state index in [1.165, 1.54) is 12.1 Å². The Bertz CT molecular complexity index is 596. The zero-order valence-electron chi connectivity index (χ0n) is 10.0. The van der Waals surface area contributed by atoms with Crippen molar-refractivity contribution in [2.45, 2.75) is 12.3 Å². The van der Waals surface area contributed by atoms with Gasteiger partial charge in [-0.05, 0) is 36.2 Å². The molecule has 0 aliphatic rings. The molecule has 1 atom stereocenters. The number of carbonyl (C=O) groups excluding carboxylic acids is 1. The van der Waals surface area contributed by atoms with Gasteiger partial charge in [0.1, 0.15) is 23.7 Å². The summed E-state index contributed by atoms with van der Waals surface area (Å²) in [6.45, 7) is 0. The summed E-state index contributed by atoms with van der Waals surface area (Å²) >= 11 is 0. The molecule has 0 fully saturated rings. The zero-order valence-corrected chi connectivity index (χ0v) is 10.0. The summed E-state index contributed by atoms with van der Waals surface area (Å²) in [5.74, 6) is -1.93. The minimum Gasteiger partial charge on any atom is -0.508 e. The summed E-state index contributed by atoms with van der Waals surface area (Å²) < 4.78 is 26.7. The lowest BCUT2D eigenvalue weighted by molar-refractivity contribution is -0.109. The van der Waals surface area contributed by atoms with E-state index in [9.17, 15) is 18.7 Å². The van der Waals surface area contributed by atoms with Crippen LogP contribution in [0.3, 0.4) is 0 Å². The van der Waals surface area contributed by atoms with E-state index in [4.69, 9.17) is 0 Å². The number of aromatic hydroxyl groups is 1. The first-order valence-corrected chi connectivity index (χ1v) is 5.79. The van der Waals surface area contributed by atoms with Crippen molar-refractivity contribution in [2.24, 2.45) is 0 Å². The van der Waals surface area contributed by atoms with Crippen LogP contribution in [0.15, 0.2) is 42.5 Å². The van der Waals surface area contributed by atoms with Gasteiger partial charge < -0.3 is 9.90 Å². The average Bonchev–Trinajstić information content (AvgIpc) is 2.41. The number of hydrogen-bond acceptors (Lipinski definition) is 2. The largest absolute Gasteiger partial charge is 0.508 e. The van der Waals surface area contributed by atoms with Crippen molar-refractivity contribution >= 4 is 6.29 Å². The minimum absolute atomic E-state index is 0.0766. The standard InChI is InChI=1S/C15H12F2O2/c16-12-5-6-15(19)13(8-12)11(9-18)7-10-3-1-2-4-14(10)17/h1-6,8-9,11,19H,7H2. The van der Waals surface area contributed by atoms with E-state index in [0.717, 1.165) is 12.1 Å². The van der Waals surface area contributed by atoms with Crippen molar-refractivity contribution in [3.05, 3.63) is 65.2 Å². The highest BCUT2D eigenvalue weighted by Gasteiger charge is 2.17. The molecule has 0 bridgehead atoms. The molecule has 0 amide bonds. The summed E-state index contributed by atoms with van der Waals surface area (Å²) in [6.07, 6.45) is 0.661. The van der Waals surface area contributed by atoms with Crippen LogP contribution in [0.25, 0.3) is 0 Å². The predicted molar refractivity (Wildman–Crippen MR) is 67.0 cm³/mol. The fourth-order valence-corrected chi connectivity index (χ4v) is 1.95. The van der Waals surface area contributed by atoms with Gasteiger partial charge in [-0.2, -0.15) is 0 Å². The molecule has 2 aromatic carbocycles. The average molecular weight is 262 g/mol. The Morgan fingerprint density at radius 2 is 1.89 bits per heavy atom. The molecular formula is C15H12F2O2. The molecule has 2 rings (SSSR count). The predicted octanol–water partition coefficient (Wildman–Crippen LogP) is 3.20. The molecular weight excluding hydrogens is 250 g/mol. The first-order chi connectivity index (χ1) is 9.11. The molecule has 0 radical (unpaired) electrons. The SMILES string of the molecule is O=CC(Cc1ccccc1F)c1cc(F)ccc1O. The quantitative estimate of drug-likeness (QED) is 0.859. The Labute approximate surface area is 109 Å². The van der Waals surface area contributed by atoms with Gasteiger partial charge in [-0.15, -0.1) is 0 Å². The molecule has 0 saturated heterocycles. The van der Waals surface area contributed by atoms with Gasteiger partial charge in [0.15, 0.2) is 0 Å². The molecule has 4 heteroatoms. The van der Waals surface area contributed by atoms with Crippen molar-refractivity contribution in [2.75, 3.05) is 0 Å². The lowest BCUT2D eigenvalue weighted by atomic mass is 9.92. The maximum Gasteiger partial charge on any atom is 0.127 e. The van der Waals surface area contributed by atoms with Crippen LogP contribution in [0, 0.1) is 11.6 Å². The normalized spacial score (nSPS) is 12.1. The number of phenols is 1. The molecule has 0 aromatic heterocycles. The molecule has 0 heterocycles. The van der Waals surface area contributed by atoms with Gasteiger partial charge in [0.05, 0.1) is 0 Å². The molecule has 0 aliphatic carbocycles. The van der Waals surface area contributed by atoms with E-state index in [1.807, 2.05) is 0 Å². The van der Waals surface area contributed by atoms with E-state index in [-0.39, 0.29) is 17.7 Å². The lowest BCUT2D eigenvalue weighted by Gasteiger charge is -2.13. The van der Waals surface area contributed by atoms with Crippen LogP contribution in [0.5, 0.6) is 5.75 Å². The summed E-state index contributed by atoms with van der Waals surface area (Å²) in [6, 6.07) is 9.44. The summed E-state index contributed by atoms with van der Waals surface area (Å²) in [7, 11) is 0. The van der Waals surface area contributed by atoms with E-state index in [0.29, 0.717) is 11.8 Å². The number of phenolic OH excluding ortho intramolecular Hbond substituents is 1. The van der Waals surface area contributed by atoms with Crippen LogP contribution in [-0.2, 0) is 11.2 Å². The number of hydrogen-bond donors (Lipinski definition) is 1. The molecule has 2 nitrogen and oxygen atoms in total. The van der Waals surface area contributed by atoms with Crippen molar-refractivity contribution in [3.8, 4) is 5.75 Å². The third-order valence-corrected chi connectivity index (χ3v) is 2.95. The third-order valence-electron chi connectivity index (χ3n) is 2.95. The van der Waals surface area contributed by atoms with Crippen LogP contribution in [-0.4, -0.2) is 11.4 Å². The number of rotatable bonds is 4. The molecule has 0 spiro atoms. The van der Waals surface area contributed by atoms with Crippen LogP contribution >= 0.6 is 0 Å². The van der Waals surface area contributed by atoms with E-state index in [1.54, 1.807) is 18.2 Å². The first-order valence-electron chi connectivity index (χ1n) is 5.79. The summed E-state index contributed by atoms with van der Waals surface area (Å²) in [5.41, 5.74) is 0.515. The van der Waals surface area contributed by atoms with E-state index in [2.05, 4.69) is 0 Å². The molecule has 0 saturated carbocycles. The van der Waals surface area contributed by atoms with E-state index >= 15 is 0 Å². The van der Waals surface area contributed by atoms with Gasteiger partial charge in [0.2, 0.25) is 0 Å². The molecule has 98 valence electrons. The fourth-order valence-electron chi connectivity index (χ4n) is 1.95. The molecule has 2 aromatic rings. The zero-order chi connectivity index (χ0) is 13.8. The van der Waals surface area contributed by atoms with Crippen molar-refractivity contribution in [1.82, 2.24) is 0 Å². The molecule has 1 N–H and O–H groups in total. The number of aldehydes is 1. The topological polar surface area (TPSA) is 37.3 Å². The fraction of sp³-hybridized carbons (Fsp3) is 0.133. The lowest BCUT2D eigenvalue weighted by Crippen LogP contribution is -2.06. The molecule has 0 aliphatic heterocycles. The molecule has 1 unspecified atom stereocenters. The highest BCUT2D eigenvalue weighted by molar-refractivity contribution is 5.65. The van der Waals surface area contributed by atoms with Crippen LogP contribution in [0.1, 0.15) is 17.0 Å². The maximum absolute atomic E-state index is 13.5. The van der Waals surface area contributed by atoms with Gasteiger partial charge in [0, 0.05) is 11.5 Å². The number of carbonyl (C=O) groups is 1. The van der Waals surface area contributed by atoms with Crippen molar-refractivity contribution < 1.29 is 18.7 Å². The second-order valence-electron chi connectivity index (χ2n) is 4.24. The highest BCUT2D eigenvalue weighted by atomic mass is 19.1. The number of benzene rings is 2. The van der Waals surface area contributed by atoms with Gasteiger partial charge in [-0.25, -0.2) is 8.78 Å². The monoisotopic (exact) mass is 262 g/mol. The maximum atomic E-state index is 13.5. The third kappa shape index (κ3) is 2.96. The van der Waals surface area contributed by atoms with Crippen molar-refractivity contribution in [3.63, 3.8) is 0 Å². The highest BCUT2D eigenvalue weighted by Crippen LogP contribution is 2.28. The Morgan fingerprint density at radius 1 is 1.16 bits per heavy atom. The Kier molecular flexibility index (Phi) is 3.90. The smallest absolute Gasteiger partial charge is 0.127 e. The second-order valence-corrected chi connectivity index (χ2v) is 4.24. The van der Waals surface area contributed by atoms with E-state index < -0.39 is 17.6 Å². The number of halogens is 2. The van der Waals surface area contributed by atoms with Gasteiger partial charge >= 0.3 is 0 Å². The van der Waals surface area contributed by atoms with Crippen LogP contribution < -0.4 is 0 Å². The van der Waals surface area contributed by atoms with Gasteiger partial charge in [0.25, 0.3) is 0 Å². The Hall–Kier alpha value is -2.23. The van der Waals surface area contributed by atoms with Gasteiger partial charge in [-0.3, -0.25) is 0 Å². The Morgan fingerprint density at radius 3 is 2.58 bits per heavy atom. The van der Waals surface area contributed by atoms with Gasteiger partial charge in [-0.1, -0.05) is 18.2 Å². The second kappa shape index (κ2) is 5.61.